The Balaban J connectivity index is 1.82. The molecule has 0 aromatic heterocycles. The van der Waals surface area contributed by atoms with Crippen LogP contribution in [0.15, 0.2) is 48.5 Å². The van der Waals surface area contributed by atoms with Gasteiger partial charge in [0, 0.05) is 13.1 Å². The Kier molecular flexibility index (Phi) is 6.32. The second-order valence-electron chi connectivity index (χ2n) is 7.23. The minimum atomic E-state index is -0.343. The predicted molar refractivity (Wildman–Crippen MR) is 104 cm³/mol. The van der Waals surface area contributed by atoms with Gasteiger partial charge in [-0.25, -0.2) is 9.18 Å². The molecular weight excluding hydrogens is 343 g/mol. The molecule has 0 radical (unpaired) electrons. The van der Waals surface area contributed by atoms with Crippen molar-refractivity contribution in [3.05, 3.63) is 65.5 Å². The predicted octanol–water partition coefficient (Wildman–Crippen LogP) is 4.76. The molecule has 2 atom stereocenters. The van der Waals surface area contributed by atoms with Crippen LogP contribution in [0.2, 0.25) is 0 Å². The summed E-state index contributed by atoms with van der Waals surface area (Å²) in [6.45, 7) is 3.78. The highest BCUT2D eigenvalue weighted by molar-refractivity contribution is 5.75. The van der Waals surface area contributed by atoms with Crippen LogP contribution in [0.1, 0.15) is 43.4 Å². The Bertz CT molecular complexity index is 746. The van der Waals surface area contributed by atoms with E-state index in [2.05, 4.69) is 12.2 Å². The van der Waals surface area contributed by atoms with Crippen LogP contribution in [-0.4, -0.2) is 31.1 Å². The number of methoxy groups -OCH3 is 1. The summed E-state index contributed by atoms with van der Waals surface area (Å²) in [7, 11) is 1.62. The Labute approximate surface area is 160 Å². The average molecular weight is 370 g/mol. The Morgan fingerprint density at radius 2 is 1.70 bits per heavy atom. The normalized spacial score (nSPS) is 18.5. The van der Waals surface area contributed by atoms with Gasteiger partial charge in [0.25, 0.3) is 0 Å². The van der Waals surface area contributed by atoms with Gasteiger partial charge in [-0.3, -0.25) is 0 Å². The van der Waals surface area contributed by atoms with Gasteiger partial charge >= 0.3 is 6.03 Å². The summed E-state index contributed by atoms with van der Waals surface area (Å²) in [6, 6.07) is 13.5. The first-order valence-electron chi connectivity index (χ1n) is 9.51. The molecular formula is C22H27FN2O2. The standard InChI is InChI=1S/C22H27FN2O2/c1-16-4-3-14-25(15-13-16)22(26)24-21(17-5-9-19(23)10-6-17)18-7-11-20(27-2)12-8-18/h5-12,16,21H,3-4,13-15H2,1-2H3,(H,24,26)/t16-,21+/m1/s1. The summed E-state index contributed by atoms with van der Waals surface area (Å²) in [5.74, 6) is 1.11. The first kappa shape index (κ1) is 19.2. The smallest absolute Gasteiger partial charge is 0.318 e. The maximum atomic E-state index is 13.4. The van der Waals surface area contributed by atoms with E-state index in [1.807, 2.05) is 29.2 Å². The van der Waals surface area contributed by atoms with E-state index in [9.17, 15) is 9.18 Å². The number of likely N-dealkylation sites (tertiary alicyclic amines) is 1. The van der Waals surface area contributed by atoms with E-state index < -0.39 is 0 Å². The van der Waals surface area contributed by atoms with E-state index in [0.717, 1.165) is 49.2 Å². The van der Waals surface area contributed by atoms with Crippen molar-refractivity contribution in [3.8, 4) is 5.75 Å². The van der Waals surface area contributed by atoms with Crippen molar-refractivity contribution in [1.29, 1.82) is 0 Å². The zero-order valence-electron chi connectivity index (χ0n) is 16.0. The van der Waals surface area contributed by atoms with E-state index in [4.69, 9.17) is 4.74 Å². The lowest BCUT2D eigenvalue weighted by Gasteiger charge is -2.26. The fourth-order valence-corrected chi connectivity index (χ4v) is 3.49. The molecule has 0 unspecified atom stereocenters. The van der Waals surface area contributed by atoms with Crippen molar-refractivity contribution < 1.29 is 13.9 Å². The van der Waals surface area contributed by atoms with Gasteiger partial charge in [0.2, 0.25) is 0 Å². The number of halogens is 1. The average Bonchev–Trinajstić information content (AvgIpc) is 2.91. The molecule has 2 aromatic rings. The van der Waals surface area contributed by atoms with Crippen LogP contribution in [0.3, 0.4) is 0 Å². The third-order valence-corrected chi connectivity index (χ3v) is 5.22. The fraction of sp³-hybridized carbons (Fsp3) is 0.409. The van der Waals surface area contributed by atoms with E-state index in [-0.39, 0.29) is 17.9 Å². The molecule has 2 amide bonds. The largest absolute Gasteiger partial charge is 0.497 e. The summed E-state index contributed by atoms with van der Waals surface area (Å²) in [6.07, 6.45) is 3.21. The monoisotopic (exact) mass is 370 g/mol. The van der Waals surface area contributed by atoms with Crippen LogP contribution < -0.4 is 10.1 Å². The van der Waals surface area contributed by atoms with Gasteiger partial charge in [0.05, 0.1) is 13.2 Å². The van der Waals surface area contributed by atoms with Gasteiger partial charge in [-0.2, -0.15) is 0 Å². The zero-order valence-corrected chi connectivity index (χ0v) is 16.0. The van der Waals surface area contributed by atoms with Crippen LogP contribution in [0.5, 0.6) is 5.75 Å². The highest BCUT2D eigenvalue weighted by atomic mass is 19.1. The van der Waals surface area contributed by atoms with Crippen molar-refractivity contribution in [1.82, 2.24) is 10.2 Å². The van der Waals surface area contributed by atoms with Gasteiger partial charge in [0.1, 0.15) is 11.6 Å². The fourth-order valence-electron chi connectivity index (χ4n) is 3.49. The molecule has 27 heavy (non-hydrogen) atoms. The lowest BCUT2D eigenvalue weighted by molar-refractivity contribution is 0.197. The Morgan fingerprint density at radius 1 is 1.07 bits per heavy atom. The number of nitrogens with one attached hydrogen (secondary N) is 1. The summed E-state index contributed by atoms with van der Waals surface area (Å²) >= 11 is 0. The number of nitrogens with zero attached hydrogens (tertiary/aromatic N) is 1. The molecule has 144 valence electrons. The Morgan fingerprint density at radius 3 is 2.33 bits per heavy atom. The zero-order chi connectivity index (χ0) is 19.2. The number of carbonyl (C=O) groups is 1. The first-order chi connectivity index (χ1) is 13.1. The molecule has 1 heterocycles. The van der Waals surface area contributed by atoms with Crippen molar-refractivity contribution in [2.75, 3.05) is 20.2 Å². The minimum Gasteiger partial charge on any atom is -0.497 e. The summed E-state index contributed by atoms with van der Waals surface area (Å²) < 4.78 is 18.6. The molecule has 0 aliphatic carbocycles. The second-order valence-corrected chi connectivity index (χ2v) is 7.23. The first-order valence-corrected chi connectivity index (χ1v) is 9.51. The van der Waals surface area contributed by atoms with Crippen molar-refractivity contribution in [2.24, 2.45) is 5.92 Å². The van der Waals surface area contributed by atoms with E-state index in [1.165, 1.54) is 12.1 Å². The van der Waals surface area contributed by atoms with Gasteiger partial charge in [-0.15, -0.1) is 0 Å². The van der Waals surface area contributed by atoms with Gasteiger partial charge < -0.3 is 15.0 Å². The molecule has 1 fully saturated rings. The number of ether oxygens (including phenoxy) is 1. The lowest BCUT2D eigenvalue weighted by atomic mass is 9.98. The molecule has 5 heteroatoms. The van der Waals surface area contributed by atoms with E-state index >= 15 is 0 Å². The molecule has 1 aliphatic rings. The number of benzene rings is 2. The number of rotatable bonds is 4. The summed E-state index contributed by atoms with van der Waals surface area (Å²) in [5, 5.41) is 3.14. The lowest BCUT2D eigenvalue weighted by Crippen LogP contribution is -2.42. The third-order valence-electron chi connectivity index (χ3n) is 5.22. The number of hydrogen-bond donors (Lipinski definition) is 1. The molecule has 1 N–H and O–H groups in total. The SMILES string of the molecule is COc1ccc([C@@H](NC(=O)N2CCC[C@@H](C)CC2)c2ccc(F)cc2)cc1. The third kappa shape index (κ3) is 5.00. The number of urea groups is 1. The molecule has 0 bridgehead atoms. The maximum Gasteiger partial charge on any atom is 0.318 e. The summed E-state index contributed by atoms with van der Waals surface area (Å²) in [4.78, 5) is 14.8. The van der Waals surface area contributed by atoms with Crippen LogP contribution in [0, 0.1) is 11.7 Å². The van der Waals surface area contributed by atoms with Crippen molar-refractivity contribution in [2.45, 2.75) is 32.2 Å². The molecule has 0 saturated carbocycles. The van der Waals surface area contributed by atoms with Gasteiger partial charge in [0.15, 0.2) is 0 Å². The number of hydrogen-bond acceptors (Lipinski definition) is 2. The van der Waals surface area contributed by atoms with E-state index in [1.54, 1.807) is 19.2 Å². The number of amides is 2. The quantitative estimate of drug-likeness (QED) is 0.843. The van der Waals surface area contributed by atoms with Crippen LogP contribution in [0.4, 0.5) is 9.18 Å². The Hall–Kier alpha value is -2.56. The summed E-state index contributed by atoms with van der Waals surface area (Å²) in [5.41, 5.74) is 1.78. The molecule has 3 rings (SSSR count). The molecule has 4 nitrogen and oxygen atoms in total. The van der Waals surface area contributed by atoms with Crippen molar-refractivity contribution >= 4 is 6.03 Å². The molecule has 1 aliphatic heterocycles. The maximum absolute atomic E-state index is 13.4. The van der Waals surface area contributed by atoms with Crippen molar-refractivity contribution in [3.63, 3.8) is 0 Å². The van der Waals surface area contributed by atoms with Crippen LogP contribution >= 0.6 is 0 Å². The van der Waals surface area contributed by atoms with Gasteiger partial charge in [-0.1, -0.05) is 31.2 Å². The number of carbonyl (C=O) groups excluding carboxylic acids is 1. The van der Waals surface area contributed by atoms with Crippen LogP contribution in [0.25, 0.3) is 0 Å². The highest BCUT2D eigenvalue weighted by Crippen LogP contribution is 2.25. The van der Waals surface area contributed by atoms with E-state index in [0.29, 0.717) is 5.92 Å². The van der Waals surface area contributed by atoms with Crippen LogP contribution in [-0.2, 0) is 0 Å². The second kappa shape index (κ2) is 8.89. The molecule has 0 spiro atoms. The highest BCUT2D eigenvalue weighted by Gasteiger charge is 2.23. The van der Waals surface area contributed by atoms with Gasteiger partial charge in [-0.05, 0) is 60.6 Å². The molecule has 1 saturated heterocycles. The topological polar surface area (TPSA) is 41.6 Å². The molecule has 2 aromatic carbocycles. The minimum absolute atomic E-state index is 0.0748.